The van der Waals surface area contributed by atoms with Crippen molar-refractivity contribution in [2.24, 2.45) is 5.92 Å². The first-order valence-corrected chi connectivity index (χ1v) is 7.92. The second-order valence-electron chi connectivity index (χ2n) is 6.35. The highest BCUT2D eigenvalue weighted by Gasteiger charge is 2.34. The van der Waals surface area contributed by atoms with Gasteiger partial charge in [-0.15, -0.1) is 0 Å². The molecule has 1 aromatic rings. The van der Waals surface area contributed by atoms with Crippen LogP contribution < -0.4 is 10.9 Å². The smallest absolute Gasteiger partial charge is 0.352 e. The number of hydrogen-bond acceptors (Lipinski definition) is 3. The summed E-state index contributed by atoms with van der Waals surface area (Å²) in [5.41, 5.74) is 1.73. The van der Waals surface area contributed by atoms with Gasteiger partial charge in [0.25, 0.3) is 5.56 Å². The minimum atomic E-state index is -4.26. The van der Waals surface area contributed by atoms with Gasteiger partial charge in [0.2, 0.25) is 5.91 Å². The first-order chi connectivity index (χ1) is 11.2. The van der Waals surface area contributed by atoms with Crippen LogP contribution in [0.4, 0.5) is 13.2 Å². The molecule has 0 aliphatic carbocycles. The zero-order valence-electron chi connectivity index (χ0n) is 13.8. The number of carbonyl (C=O) groups is 1. The van der Waals surface area contributed by atoms with Crippen LogP contribution in [-0.2, 0) is 11.3 Å². The molecule has 0 spiro atoms. The van der Waals surface area contributed by atoms with Crippen LogP contribution in [0, 0.1) is 19.8 Å². The quantitative estimate of drug-likeness (QED) is 0.876. The average molecular weight is 345 g/mol. The van der Waals surface area contributed by atoms with Crippen LogP contribution in [0.5, 0.6) is 0 Å². The first kappa shape index (κ1) is 18.5. The average Bonchev–Trinajstić information content (AvgIpc) is 2.44. The minimum Gasteiger partial charge on any atom is -0.352 e. The molecule has 8 heteroatoms. The topological polar surface area (TPSA) is 65.2 Å². The van der Waals surface area contributed by atoms with E-state index in [1.165, 1.54) is 4.90 Å². The van der Waals surface area contributed by atoms with E-state index in [0.29, 0.717) is 24.9 Å². The van der Waals surface area contributed by atoms with Crippen molar-refractivity contribution in [3.05, 3.63) is 33.2 Å². The van der Waals surface area contributed by atoms with Gasteiger partial charge < -0.3 is 10.3 Å². The van der Waals surface area contributed by atoms with E-state index in [1.807, 2.05) is 6.07 Å². The molecule has 1 fully saturated rings. The number of hydrogen-bond donors (Lipinski definition) is 2. The van der Waals surface area contributed by atoms with E-state index in [4.69, 9.17) is 0 Å². The number of alkyl halides is 3. The lowest BCUT2D eigenvalue weighted by molar-refractivity contribution is -0.152. The number of likely N-dealkylation sites (tertiary alicyclic amines) is 1. The van der Waals surface area contributed by atoms with Crippen LogP contribution >= 0.6 is 0 Å². The third kappa shape index (κ3) is 5.09. The Labute approximate surface area is 138 Å². The third-order valence-electron chi connectivity index (χ3n) is 4.21. The number of rotatable bonds is 4. The fourth-order valence-electron chi connectivity index (χ4n) is 3.09. The molecule has 134 valence electrons. The zero-order chi connectivity index (χ0) is 17.9. The van der Waals surface area contributed by atoms with Crippen LogP contribution in [0.3, 0.4) is 0 Å². The summed E-state index contributed by atoms with van der Waals surface area (Å²) in [5.74, 6) is -0.785. The van der Waals surface area contributed by atoms with E-state index in [1.54, 1.807) is 13.8 Å². The molecular weight excluding hydrogens is 323 g/mol. The fraction of sp³-hybridized carbons (Fsp3) is 0.625. The minimum absolute atomic E-state index is 0.0794. The lowest BCUT2D eigenvalue weighted by Gasteiger charge is -2.32. The molecule has 1 aromatic heterocycles. The van der Waals surface area contributed by atoms with Crippen molar-refractivity contribution in [3.63, 3.8) is 0 Å². The van der Waals surface area contributed by atoms with E-state index < -0.39 is 18.6 Å². The number of nitrogens with zero attached hydrogens (tertiary/aromatic N) is 1. The Morgan fingerprint density at radius 1 is 1.42 bits per heavy atom. The SMILES string of the molecule is Cc1cc(C)c(CNC(=O)C2CCCN(CC(F)(F)F)C2)c(=O)[nH]1. The molecule has 2 rings (SSSR count). The van der Waals surface area contributed by atoms with E-state index in [2.05, 4.69) is 10.3 Å². The number of carbonyl (C=O) groups excluding carboxylic acids is 1. The Morgan fingerprint density at radius 3 is 2.75 bits per heavy atom. The van der Waals surface area contributed by atoms with Crippen LogP contribution in [0.25, 0.3) is 0 Å². The van der Waals surface area contributed by atoms with Crippen molar-refractivity contribution in [2.45, 2.75) is 39.4 Å². The maximum absolute atomic E-state index is 12.5. The van der Waals surface area contributed by atoms with E-state index in [9.17, 15) is 22.8 Å². The van der Waals surface area contributed by atoms with Crippen LogP contribution in [0.1, 0.15) is 29.7 Å². The standard InChI is InChI=1S/C16H22F3N3O2/c1-10-6-11(2)21-15(24)13(10)7-20-14(23)12-4-3-5-22(8-12)9-16(17,18)19/h6,12H,3-5,7-9H2,1-2H3,(H,20,23)(H,21,24). The maximum Gasteiger partial charge on any atom is 0.401 e. The number of nitrogens with one attached hydrogen (secondary N) is 2. The zero-order valence-corrected chi connectivity index (χ0v) is 13.8. The molecule has 1 aliphatic heterocycles. The Balaban J connectivity index is 1.94. The molecule has 1 unspecified atom stereocenters. The molecule has 0 saturated carbocycles. The summed E-state index contributed by atoms with van der Waals surface area (Å²) in [5, 5.41) is 2.69. The van der Waals surface area contributed by atoms with Gasteiger partial charge in [-0.25, -0.2) is 0 Å². The summed E-state index contributed by atoms with van der Waals surface area (Å²) < 4.78 is 37.4. The Morgan fingerprint density at radius 2 is 2.12 bits per heavy atom. The summed E-state index contributed by atoms with van der Waals surface area (Å²) in [6.45, 7) is 3.08. The second-order valence-corrected chi connectivity index (χ2v) is 6.35. The van der Waals surface area contributed by atoms with Gasteiger partial charge in [0, 0.05) is 24.3 Å². The summed E-state index contributed by atoms with van der Waals surface area (Å²) in [4.78, 5) is 28.1. The van der Waals surface area contributed by atoms with Crippen molar-refractivity contribution in [1.82, 2.24) is 15.2 Å². The second kappa shape index (κ2) is 7.38. The summed E-state index contributed by atoms with van der Waals surface area (Å²) in [7, 11) is 0. The van der Waals surface area contributed by atoms with Gasteiger partial charge >= 0.3 is 6.18 Å². The predicted octanol–water partition coefficient (Wildman–Crippen LogP) is 1.88. The van der Waals surface area contributed by atoms with Crippen molar-refractivity contribution >= 4 is 5.91 Å². The number of H-pyrrole nitrogens is 1. The number of aromatic amines is 1. The molecule has 2 heterocycles. The van der Waals surface area contributed by atoms with E-state index in [0.717, 1.165) is 11.3 Å². The summed E-state index contributed by atoms with van der Waals surface area (Å²) in [6.07, 6.45) is -3.15. The molecule has 24 heavy (non-hydrogen) atoms. The first-order valence-electron chi connectivity index (χ1n) is 7.92. The lowest BCUT2D eigenvalue weighted by atomic mass is 9.97. The predicted molar refractivity (Wildman–Crippen MR) is 83.6 cm³/mol. The van der Waals surface area contributed by atoms with Gasteiger partial charge in [-0.3, -0.25) is 14.5 Å². The fourth-order valence-corrected chi connectivity index (χ4v) is 3.09. The van der Waals surface area contributed by atoms with E-state index >= 15 is 0 Å². The number of halogens is 3. The largest absolute Gasteiger partial charge is 0.401 e. The Kier molecular flexibility index (Phi) is 5.69. The lowest BCUT2D eigenvalue weighted by Crippen LogP contribution is -2.46. The Hall–Kier alpha value is -1.83. The number of amides is 1. The molecule has 1 amide bonds. The molecule has 0 aromatic carbocycles. The molecule has 5 nitrogen and oxygen atoms in total. The van der Waals surface area contributed by atoms with Crippen molar-refractivity contribution in [3.8, 4) is 0 Å². The number of aromatic nitrogens is 1. The van der Waals surface area contributed by atoms with Crippen LogP contribution in [0.2, 0.25) is 0 Å². The normalized spacial score (nSPS) is 19.3. The van der Waals surface area contributed by atoms with Gasteiger partial charge in [-0.2, -0.15) is 13.2 Å². The van der Waals surface area contributed by atoms with Gasteiger partial charge in [0.15, 0.2) is 0 Å². The molecule has 1 aliphatic rings. The molecule has 1 saturated heterocycles. The molecule has 2 N–H and O–H groups in total. The van der Waals surface area contributed by atoms with Gasteiger partial charge in [-0.05, 0) is 44.9 Å². The summed E-state index contributed by atoms with van der Waals surface area (Å²) in [6, 6.07) is 1.81. The van der Waals surface area contributed by atoms with Gasteiger partial charge in [-0.1, -0.05) is 0 Å². The Bertz CT molecular complexity index is 655. The van der Waals surface area contributed by atoms with Crippen molar-refractivity contribution in [1.29, 1.82) is 0 Å². The van der Waals surface area contributed by atoms with Crippen LogP contribution in [-0.4, -0.2) is 41.6 Å². The molecular formula is C16H22F3N3O2. The third-order valence-corrected chi connectivity index (χ3v) is 4.21. The highest BCUT2D eigenvalue weighted by atomic mass is 19.4. The molecule has 0 radical (unpaired) electrons. The highest BCUT2D eigenvalue weighted by Crippen LogP contribution is 2.22. The number of aryl methyl sites for hydroxylation is 2. The highest BCUT2D eigenvalue weighted by molar-refractivity contribution is 5.79. The molecule has 0 bridgehead atoms. The van der Waals surface area contributed by atoms with Crippen LogP contribution in [0.15, 0.2) is 10.9 Å². The summed E-state index contributed by atoms with van der Waals surface area (Å²) >= 11 is 0. The van der Waals surface area contributed by atoms with Gasteiger partial charge in [0.05, 0.1) is 12.5 Å². The van der Waals surface area contributed by atoms with Crippen molar-refractivity contribution < 1.29 is 18.0 Å². The number of piperidine rings is 1. The number of pyridine rings is 1. The monoisotopic (exact) mass is 345 g/mol. The van der Waals surface area contributed by atoms with E-state index in [-0.39, 0.29) is 24.6 Å². The molecule has 1 atom stereocenters. The van der Waals surface area contributed by atoms with Gasteiger partial charge in [0.1, 0.15) is 0 Å². The van der Waals surface area contributed by atoms with Crippen molar-refractivity contribution in [2.75, 3.05) is 19.6 Å². The maximum atomic E-state index is 12.5.